The minimum absolute atomic E-state index is 0.394. The molecule has 0 bridgehead atoms. The molecular weight excluding hydrogens is 290 g/mol. The van der Waals surface area contributed by atoms with Crippen LogP contribution in [-0.2, 0) is 16.1 Å². The maximum absolute atomic E-state index is 11.1. The van der Waals surface area contributed by atoms with Crippen LogP contribution in [0.3, 0.4) is 0 Å². The highest BCUT2D eigenvalue weighted by Gasteiger charge is 2.30. The Morgan fingerprint density at radius 2 is 2.24 bits per heavy atom. The zero-order chi connectivity index (χ0) is 14.7. The number of nitrogens with zero attached hydrogens (tertiary/aromatic N) is 3. The summed E-state index contributed by atoms with van der Waals surface area (Å²) < 4.78 is 10.5. The average molecular weight is 311 g/mol. The summed E-state index contributed by atoms with van der Waals surface area (Å²) in [5.41, 5.74) is 0.752. The summed E-state index contributed by atoms with van der Waals surface area (Å²) in [6.07, 6.45) is 2.03. The second-order valence-electron chi connectivity index (χ2n) is 5.40. The van der Waals surface area contributed by atoms with E-state index >= 15 is 0 Å². The maximum atomic E-state index is 11.1. The number of hydrogen-bond donors (Lipinski definition) is 0. The van der Waals surface area contributed by atoms with Gasteiger partial charge >= 0.3 is 0 Å². The Morgan fingerprint density at radius 3 is 2.95 bits per heavy atom. The minimum Gasteiger partial charge on any atom is -0.379 e. The largest absolute Gasteiger partial charge is 0.379 e. The Morgan fingerprint density at radius 1 is 1.43 bits per heavy atom. The highest BCUT2D eigenvalue weighted by Crippen LogP contribution is 2.29. The maximum Gasteiger partial charge on any atom is 0.186 e. The van der Waals surface area contributed by atoms with Gasteiger partial charge in [-0.25, -0.2) is 4.98 Å². The van der Waals surface area contributed by atoms with Gasteiger partial charge in [0, 0.05) is 39.3 Å². The van der Waals surface area contributed by atoms with Gasteiger partial charge in [0.05, 0.1) is 30.4 Å². The van der Waals surface area contributed by atoms with Crippen molar-refractivity contribution in [2.45, 2.75) is 19.1 Å². The normalized spacial score (nSPS) is 23.7. The molecule has 3 heterocycles. The van der Waals surface area contributed by atoms with E-state index < -0.39 is 0 Å². The topological polar surface area (TPSA) is 54.9 Å². The van der Waals surface area contributed by atoms with Crippen molar-refractivity contribution in [3.05, 3.63) is 10.6 Å². The number of hydrogen-bond acceptors (Lipinski definition) is 7. The number of carbonyl (C=O) groups excluding carboxylic acids is 1. The second kappa shape index (κ2) is 6.83. The lowest BCUT2D eigenvalue weighted by molar-refractivity contribution is 0.0209. The standard InChI is InChI=1S/C14H21N3O3S/c1-19-10-12-13(9-18)21-14(15-12)17-3-2-11(8-17)16-4-6-20-7-5-16/h9,11H,2-8,10H2,1H3. The van der Waals surface area contributed by atoms with Crippen LogP contribution >= 0.6 is 11.3 Å². The number of aromatic nitrogens is 1. The summed E-state index contributed by atoms with van der Waals surface area (Å²) in [5, 5.41) is 0.944. The molecule has 1 unspecified atom stereocenters. The van der Waals surface area contributed by atoms with Crippen molar-refractivity contribution in [3.63, 3.8) is 0 Å². The monoisotopic (exact) mass is 311 g/mol. The third-order valence-corrected chi connectivity index (χ3v) is 5.18. The average Bonchev–Trinajstić information content (AvgIpc) is 3.15. The molecule has 2 aliphatic rings. The smallest absolute Gasteiger partial charge is 0.186 e. The number of carbonyl (C=O) groups is 1. The van der Waals surface area contributed by atoms with Crippen molar-refractivity contribution in [1.29, 1.82) is 0 Å². The molecule has 2 fully saturated rings. The van der Waals surface area contributed by atoms with Gasteiger partial charge in [0.15, 0.2) is 11.4 Å². The number of methoxy groups -OCH3 is 1. The van der Waals surface area contributed by atoms with Crippen LogP contribution in [0, 0.1) is 0 Å². The molecule has 116 valence electrons. The molecule has 1 aromatic rings. The Balaban J connectivity index is 1.66. The SMILES string of the molecule is COCc1nc(N2CCC(N3CCOCC3)C2)sc1C=O. The molecule has 0 aliphatic carbocycles. The number of thiazole rings is 1. The number of anilines is 1. The lowest BCUT2D eigenvalue weighted by Crippen LogP contribution is -2.44. The van der Waals surface area contributed by atoms with E-state index in [1.807, 2.05) is 0 Å². The van der Waals surface area contributed by atoms with Crippen LogP contribution in [0.2, 0.25) is 0 Å². The first-order chi connectivity index (χ1) is 10.3. The summed E-state index contributed by atoms with van der Waals surface area (Å²) >= 11 is 1.47. The molecule has 1 aromatic heterocycles. The molecule has 0 radical (unpaired) electrons. The fourth-order valence-electron chi connectivity index (χ4n) is 2.97. The molecule has 0 amide bonds. The van der Waals surface area contributed by atoms with E-state index in [4.69, 9.17) is 9.47 Å². The first-order valence-corrected chi connectivity index (χ1v) is 8.14. The highest BCUT2D eigenvalue weighted by molar-refractivity contribution is 7.17. The molecular formula is C14H21N3O3S. The first kappa shape index (κ1) is 14.9. The van der Waals surface area contributed by atoms with Crippen LogP contribution < -0.4 is 4.90 Å². The van der Waals surface area contributed by atoms with Crippen LogP contribution in [0.4, 0.5) is 5.13 Å². The van der Waals surface area contributed by atoms with Gasteiger partial charge in [-0.05, 0) is 6.42 Å². The zero-order valence-electron chi connectivity index (χ0n) is 12.3. The Labute approximate surface area is 128 Å². The third-order valence-electron chi connectivity index (χ3n) is 4.10. The van der Waals surface area contributed by atoms with Crippen molar-refractivity contribution in [1.82, 2.24) is 9.88 Å². The van der Waals surface area contributed by atoms with Crippen LogP contribution in [0.5, 0.6) is 0 Å². The van der Waals surface area contributed by atoms with E-state index in [2.05, 4.69) is 14.8 Å². The molecule has 2 aliphatic heterocycles. The van der Waals surface area contributed by atoms with Gasteiger partial charge in [-0.1, -0.05) is 11.3 Å². The Bertz CT molecular complexity index is 488. The van der Waals surface area contributed by atoms with Crippen molar-refractivity contribution in [2.75, 3.05) is 51.4 Å². The van der Waals surface area contributed by atoms with Gasteiger partial charge in [-0.15, -0.1) is 0 Å². The predicted molar refractivity (Wildman–Crippen MR) is 81.2 cm³/mol. The van der Waals surface area contributed by atoms with Crippen molar-refractivity contribution < 1.29 is 14.3 Å². The fraction of sp³-hybridized carbons (Fsp3) is 0.714. The van der Waals surface area contributed by atoms with Crippen LogP contribution in [0.25, 0.3) is 0 Å². The van der Waals surface area contributed by atoms with Gasteiger partial charge in [0.2, 0.25) is 0 Å². The Kier molecular flexibility index (Phi) is 4.84. The van der Waals surface area contributed by atoms with E-state index in [1.165, 1.54) is 11.3 Å². The quantitative estimate of drug-likeness (QED) is 0.757. The number of rotatable bonds is 5. The van der Waals surface area contributed by atoms with E-state index in [9.17, 15) is 4.79 Å². The van der Waals surface area contributed by atoms with Gasteiger partial charge in [0.1, 0.15) is 0 Å². The van der Waals surface area contributed by atoms with Gasteiger partial charge < -0.3 is 14.4 Å². The molecule has 0 aromatic carbocycles. The summed E-state index contributed by atoms with van der Waals surface area (Å²) in [4.78, 5) is 21.2. The fourth-order valence-corrected chi connectivity index (χ4v) is 3.89. The molecule has 1 atom stereocenters. The van der Waals surface area contributed by atoms with Crippen LogP contribution in [0.15, 0.2) is 0 Å². The number of morpholine rings is 1. The minimum atomic E-state index is 0.394. The third kappa shape index (κ3) is 3.26. The van der Waals surface area contributed by atoms with Gasteiger partial charge in [-0.3, -0.25) is 9.69 Å². The van der Waals surface area contributed by atoms with E-state index in [0.29, 0.717) is 17.5 Å². The molecule has 0 saturated carbocycles. The molecule has 7 heteroatoms. The molecule has 6 nitrogen and oxygen atoms in total. The summed E-state index contributed by atoms with van der Waals surface area (Å²) in [7, 11) is 1.62. The van der Waals surface area contributed by atoms with Crippen LogP contribution in [-0.4, -0.2) is 68.7 Å². The predicted octanol–water partition coefficient (Wildman–Crippen LogP) is 1.01. The summed E-state index contributed by atoms with van der Waals surface area (Å²) in [5.74, 6) is 0. The lowest BCUT2D eigenvalue weighted by atomic mass is 10.2. The van der Waals surface area contributed by atoms with Crippen LogP contribution in [0.1, 0.15) is 21.8 Å². The van der Waals surface area contributed by atoms with E-state index in [0.717, 1.165) is 62.9 Å². The van der Waals surface area contributed by atoms with Gasteiger partial charge in [-0.2, -0.15) is 0 Å². The zero-order valence-corrected chi connectivity index (χ0v) is 13.1. The molecule has 3 rings (SSSR count). The van der Waals surface area contributed by atoms with Crippen molar-refractivity contribution >= 4 is 22.8 Å². The van der Waals surface area contributed by atoms with Crippen molar-refractivity contribution in [3.8, 4) is 0 Å². The summed E-state index contributed by atoms with van der Waals surface area (Å²) in [6, 6.07) is 0.573. The van der Waals surface area contributed by atoms with E-state index in [-0.39, 0.29) is 0 Å². The summed E-state index contributed by atoms with van der Waals surface area (Å²) in [6.45, 7) is 6.08. The van der Waals surface area contributed by atoms with Crippen molar-refractivity contribution in [2.24, 2.45) is 0 Å². The first-order valence-electron chi connectivity index (χ1n) is 7.32. The Hall–Kier alpha value is -1.02. The lowest BCUT2D eigenvalue weighted by Gasteiger charge is -2.32. The molecule has 2 saturated heterocycles. The molecule has 0 N–H and O–H groups in total. The number of aldehydes is 1. The second-order valence-corrected chi connectivity index (χ2v) is 6.40. The van der Waals surface area contributed by atoms with E-state index in [1.54, 1.807) is 7.11 Å². The molecule has 21 heavy (non-hydrogen) atoms. The number of ether oxygens (including phenoxy) is 2. The highest BCUT2D eigenvalue weighted by atomic mass is 32.1. The molecule has 0 spiro atoms. The van der Waals surface area contributed by atoms with Gasteiger partial charge in [0.25, 0.3) is 0 Å².